The highest BCUT2D eigenvalue weighted by Gasteiger charge is 2.33. The minimum absolute atomic E-state index is 0.326. The standard InChI is InChI=1S/C17H25NO2/c1-12-3-2-8-17(20,10-12)11-18-16-7-4-13-9-14(19)5-6-15(13)16/h5-6,9,12,16,18-20H,2-4,7-8,10-11H2,1H3. The van der Waals surface area contributed by atoms with Crippen LogP contribution in [-0.2, 0) is 6.42 Å². The Balaban J connectivity index is 1.63. The van der Waals surface area contributed by atoms with Crippen molar-refractivity contribution in [2.45, 2.75) is 57.1 Å². The van der Waals surface area contributed by atoms with Gasteiger partial charge in [0, 0.05) is 12.6 Å². The molecule has 0 heterocycles. The van der Waals surface area contributed by atoms with E-state index in [0.29, 0.717) is 24.3 Å². The first kappa shape index (κ1) is 13.9. The maximum atomic E-state index is 10.7. The topological polar surface area (TPSA) is 52.5 Å². The quantitative estimate of drug-likeness (QED) is 0.795. The molecule has 3 unspecified atom stereocenters. The molecule has 0 saturated heterocycles. The molecule has 0 aliphatic heterocycles. The molecule has 1 aromatic carbocycles. The second-order valence-electron chi connectivity index (χ2n) is 6.78. The molecular formula is C17H25NO2. The van der Waals surface area contributed by atoms with Crippen LogP contribution < -0.4 is 5.32 Å². The zero-order chi connectivity index (χ0) is 14.2. The Morgan fingerprint density at radius 1 is 1.35 bits per heavy atom. The lowest BCUT2D eigenvalue weighted by atomic mass is 9.79. The van der Waals surface area contributed by atoms with E-state index in [0.717, 1.165) is 32.1 Å². The van der Waals surface area contributed by atoms with E-state index >= 15 is 0 Å². The van der Waals surface area contributed by atoms with Crippen molar-refractivity contribution in [1.29, 1.82) is 0 Å². The molecule has 2 aliphatic carbocycles. The zero-order valence-electron chi connectivity index (χ0n) is 12.2. The molecule has 0 spiro atoms. The summed E-state index contributed by atoms with van der Waals surface area (Å²) in [4.78, 5) is 0. The first-order chi connectivity index (χ1) is 9.56. The maximum absolute atomic E-state index is 10.7. The van der Waals surface area contributed by atoms with E-state index < -0.39 is 5.60 Å². The number of aryl methyl sites for hydroxylation is 1. The monoisotopic (exact) mass is 275 g/mol. The average molecular weight is 275 g/mol. The summed E-state index contributed by atoms with van der Waals surface area (Å²) >= 11 is 0. The highest BCUT2D eigenvalue weighted by Crippen LogP contribution is 2.35. The fourth-order valence-electron chi connectivity index (χ4n) is 3.92. The van der Waals surface area contributed by atoms with E-state index in [2.05, 4.69) is 12.2 Å². The van der Waals surface area contributed by atoms with Gasteiger partial charge in [0.1, 0.15) is 5.75 Å². The van der Waals surface area contributed by atoms with Crippen LogP contribution in [0.4, 0.5) is 0 Å². The van der Waals surface area contributed by atoms with Crippen molar-refractivity contribution >= 4 is 0 Å². The molecule has 3 rings (SSSR count). The molecule has 20 heavy (non-hydrogen) atoms. The van der Waals surface area contributed by atoms with Gasteiger partial charge in [-0.3, -0.25) is 0 Å². The van der Waals surface area contributed by atoms with Gasteiger partial charge in [0.05, 0.1) is 5.60 Å². The number of rotatable bonds is 3. The lowest BCUT2D eigenvalue weighted by Gasteiger charge is -2.36. The molecule has 1 aromatic rings. The summed E-state index contributed by atoms with van der Waals surface area (Å²) < 4.78 is 0. The van der Waals surface area contributed by atoms with Gasteiger partial charge in [-0.05, 0) is 54.9 Å². The number of aromatic hydroxyl groups is 1. The van der Waals surface area contributed by atoms with Gasteiger partial charge in [-0.1, -0.05) is 25.8 Å². The minimum Gasteiger partial charge on any atom is -0.508 e. The first-order valence-electron chi connectivity index (χ1n) is 7.83. The van der Waals surface area contributed by atoms with E-state index in [4.69, 9.17) is 0 Å². The summed E-state index contributed by atoms with van der Waals surface area (Å²) in [5.41, 5.74) is 2.00. The fourth-order valence-corrected chi connectivity index (χ4v) is 3.92. The SMILES string of the molecule is CC1CCCC(O)(CNC2CCc3cc(O)ccc32)C1. The largest absolute Gasteiger partial charge is 0.508 e. The van der Waals surface area contributed by atoms with Gasteiger partial charge in [-0.25, -0.2) is 0 Å². The Bertz CT molecular complexity index is 488. The van der Waals surface area contributed by atoms with Crippen molar-refractivity contribution in [1.82, 2.24) is 5.32 Å². The summed E-state index contributed by atoms with van der Waals surface area (Å²) in [6.45, 7) is 2.92. The number of benzene rings is 1. The van der Waals surface area contributed by atoms with Crippen LogP contribution in [0.2, 0.25) is 0 Å². The molecule has 0 bridgehead atoms. The summed E-state index contributed by atoms with van der Waals surface area (Å²) in [5, 5.41) is 23.8. The number of hydrogen-bond donors (Lipinski definition) is 3. The third-order valence-electron chi connectivity index (χ3n) is 4.95. The van der Waals surface area contributed by atoms with Crippen molar-refractivity contribution in [3.05, 3.63) is 29.3 Å². The van der Waals surface area contributed by atoms with Crippen molar-refractivity contribution in [2.75, 3.05) is 6.54 Å². The number of phenols is 1. The van der Waals surface area contributed by atoms with Gasteiger partial charge >= 0.3 is 0 Å². The number of phenolic OH excluding ortho intramolecular Hbond substituents is 1. The van der Waals surface area contributed by atoms with E-state index in [1.165, 1.54) is 17.5 Å². The van der Waals surface area contributed by atoms with Gasteiger partial charge in [0.2, 0.25) is 0 Å². The van der Waals surface area contributed by atoms with Crippen LogP contribution in [0, 0.1) is 5.92 Å². The van der Waals surface area contributed by atoms with E-state index in [-0.39, 0.29) is 0 Å². The van der Waals surface area contributed by atoms with Crippen LogP contribution in [0.25, 0.3) is 0 Å². The fraction of sp³-hybridized carbons (Fsp3) is 0.647. The lowest BCUT2D eigenvalue weighted by Crippen LogP contribution is -2.44. The van der Waals surface area contributed by atoms with Gasteiger partial charge < -0.3 is 15.5 Å². The summed E-state index contributed by atoms with van der Waals surface area (Å²) in [6, 6.07) is 5.97. The van der Waals surface area contributed by atoms with Gasteiger partial charge in [0.25, 0.3) is 0 Å². The first-order valence-corrected chi connectivity index (χ1v) is 7.83. The Labute approximate surface area is 121 Å². The minimum atomic E-state index is -0.530. The van der Waals surface area contributed by atoms with Crippen LogP contribution in [0.5, 0.6) is 5.75 Å². The predicted molar refractivity (Wildman–Crippen MR) is 79.8 cm³/mol. The summed E-state index contributed by atoms with van der Waals surface area (Å²) in [6.07, 6.45) is 6.28. The van der Waals surface area contributed by atoms with Crippen molar-refractivity contribution in [2.24, 2.45) is 5.92 Å². The Kier molecular flexibility index (Phi) is 3.74. The van der Waals surface area contributed by atoms with Gasteiger partial charge in [-0.2, -0.15) is 0 Å². The molecule has 1 saturated carbocycles. The third kappa shape index (κ3) is 2.84. The van der Waals surface area contributed by atoms with E-state index in [1.54, 1.807) is 6.07 Å². The van der Waals surface area contributed by atoms with Crippen molar-refractivity contribution < 1.29 is 10.2 Å². The number of fused-ring (bicyclic) bond motifs is 1. The molecule has 3 atom stereocenters. The van der Waals surface area contributed by atoms with Crippen LogP contribution in [0.1, 0.15) is 56.2 Å². The maximum Gasteiger partial charge on any atom is 0.115 e. The van der Waals surface area contributed by atoms with Crippen molar-refractivity contribution in [3.8, 4) is 5.75 Å². The van der Waals surface area contributed by atoms with Crippen molar-refractivity contribution in [3.63, 3.8) is 0 Å². The molecule has 110 valence electrons. The van der Waals surface area contributed by atoms with E-state index in [1.807, 2.05) is 12.1 Å². The summed E-state index contributed by atoms with van der Waals surface area (Å²) in [5.74, 6) is 0.979. The predicted octanol–water partition coefficient (Wildman–Crippen LogP) is 2.91. The van der Waals surface area contributed by atoms with Crippen LogP contribution in [-0.4, -0.2) is 22.4 Å². The number of aliphatic hydroxyl groups is 1. The summed E-state index contributed by atoms with van der Waals surface area (Å²) in [7, 11) is 0. The third-order valence-corrected chi connectivity index (χ3v) is 4.95. The average Bonchev–Trinajstić information content (AvgIpc) is 2.78. The second-order valence-corrected chi connectivity index (χ2v) is 6.78. The van der Waals surface area contributed by atoms with Crippen LogP contribution in [0.15, 0.2) is 18.2 Å². The number of hydrogen-bond acceptors (Lipinski definition) is 3. The van der Waals surface area contributed by atoms with Crippen LogP contribution in [0.3, 0.4) is 0 Å². The molecule has 3 nitrogen and oxygen atoms in total. The van der Waals surface area contributed by atoms with Crippen LogP contribution >= 0.6 is 0 Å². The molecule has 2 aliphatic rings. The van der Waals surface area contributed by atoms with Gasteiger partial charge in [0.15, 0.2) is 0 Å². The lowest BCUT2D eigenvalue weighted by molar-refractivity contribution is -0.0137. The number of nitrogens with one attached hydrogen (secondary N) is 1. The highest BCUT2D eigenvalue weighted by molar-refractivity contribution is 5.40. The Morgan fingerprint density at radius 2 is 2.20 bits per heavy atom. The molecular weight excluding hydrogens is 250 g/mol. The normalized spacial score (nSPS) is 33.1. The second kappa shape index (κ2) is 5.38. The Hall–Kier alpha value is -1.06. The molecule has 0 aromatic heterocycles. The zero-order valence-corrected chi connectivity index (χ0v) is 12.2. The molecule has 1 fully saturated rings. The molecule has 3 N–H and O–H groups in total. The molecule has 0 amide bonds. The van der Waals surface area contributed by atoms with E-state index in [9.17, 15) is 10.2 Å². The molecule has 3 heteroatoms. The van der Waals surface area contributed by atoms with Gasteiger partial charge in [-0.15, -0.1) is 0 Å². The Morgan fingerprint density at radius 3 is 3.00 bits per heavy atom. The molecule has 0 radical (unpaired) electrons. The smallest absolute Gasteiger partial charge is 0.115 e. The highest BCUT2D eigenvalue weighted by atomic mass is 16.3.